The molecule has 0 amide bonds. The Balaban J connectivity index is 2.56. The summed E-state index contributed by atoms with van der Waals surface area (Å²) in [5.41, 5.74) is 0.613. The number of carbonyl (C=O) groups excluding carboxylic acids is 1. The molecule has 0 unspecified atom stereocenters. The molecule has 0 spiro atoms. The van der Waals surface area contributed by atoms with Crippen LogP contribution in [0.15, 0.2) is 18.5 Å². The molecule has 0 fully saturated rings. The number of aromatic nitrogens is 2. The van der Waals surface area contributed by atoms with E-state index >= 15 is 0 Å². The molecule has 0 aliphatic rings. The van der Waals surface area contributed by atoms with Gasteiger partial charge in [0.1, 0.15) is 10.4 Å². The van der Waals surface area contributed by atoms with Gasteiger partial charge in [0.25, 0.3) is 0 Å². The largest absolute Gasteiger partial charge is 0.383 e. The summed E-state index contributed by atoms with van der Waals surface area (Å²) >= 11 is 2.08. The van der Waals surface area contributed by atoms with Crippen molar-refractivity contribution in [1.82, 2.24) is 14.7 Å². The Morgan fingerprint density at radius 1 is 1.48 bits per heavy atom. The number of allylic oxidation sites excluding steroid dienone is 1. The lowest BCUT2D eigenvalue weighted by atomic mass is 10.2. The molecular weight excluding hydrogens is 397 g/mol. The highest BCUT2D eigenvalue weighted by atomic mass is 127. The van der Waals surface area contributed by atoms with Gasteiger partial charge in [-0.3, -0.25) is 4.79 Å². The molecule has 0 aliphatic heterocycles. The standard InChI is InChI=1S/C14H24IN3O2Si/c1-17(2)7-6-13(19)12-10-18(16-14(12)15)11-20-8-9-21(3,4)5/h6-7,10H,8-9,11H2,1-5H3/b7-6+. The van der Waals surface area contributed by atoms with Crippen LogP contribution >= 0.6 is 22.6 Å². The van der Waals surface area contributed by atoms with Gasteiger partial charge in [0, 0.05) is 47.2 Å². The van der Waals surface area contributed by atoms with Gasteiger partial charge in [-0.05, 0) is 28.6 Å². The second-order valence-electron chi connectivity index (χ2n) is 6.36. The average Bonchev–Trinajstić information content (AvgIpc) is 2.72. The SMILES string of the molecule is CN(C)/C=C/C(=O)c1cn(COCC[Si](C)(C)C)nc1I. The molecule has 0 N–H and O–H groups in total. The molecule has 1 aromatic rings. The first-order valence-electron chi connectivity index (χ1n) is 6.89. The maximum absolute atomic E-state index is 12.0. The van der Waals surface area contributed by atoms with E-state index in [2.05, 4.69) is 47.3 Å². The van der Waals surface area contributed by atoms with Crippen LogP contribution in [0.5, 0.6) is 0 Å². The number of carbonyl (C=O) groups is 1. The first-order valence-corrected chi connectivity index (χ1v) is 11.7. The van der Waals surface area contributed by atoms with Crippen molar-refractivity contribution in [3.05, 3.63) is 27.7 Å². The second kappa shape index (κ2) is 8.09. The fraction of sp³-hybridized carbons (Fsp3) is 0.571. The lowest BCUT2D eigenvalue weighted by Gasteiger charge is -2.15. The van der Waals surface area contributed by atoms with Crippen molar-refractivity contribution in [3.8, 4) is 0 Å². The van der Waals surface area contributed by atoms with Crippen LogP contribution < -0.4 is 0 Å². The van der Waals surface area contributed by atoms with Gasteiger partial charge in [0.2, 0.25) is 0 Å². The predicted molar refractivity (Wildman–Crippen MR) is 96.2 cm³/mol. The number of ether oxygens (including phenoxy) is 1. The van der Waals surface area contributed by atoms with Crippen molar-refractivity contribution in [2.24, 2.45) is 0 Å². The third kappa shape index (κ3) is 7.23. The zero-order valence-electron chi connectivity index (χ0n) is 13.4. The molecule has 0 aromatic carbocycles. The minimum Gasteiger partial charge on any atom is -0.383 e. The summed E-state index contributed by atoms with van der Waals surface area (Å²) in [5, 5.41) is 4.31. The zero-order valence-corrected chi connectivity index (χ0v) is 16.5. The summed E-state index contributed by atoms with van der Waals surface area (Å²) in [6, 6.07) is 1.13. The van der Waals surface area contributed by atoms with E-state index in [1.807, 2.05) is 19.0 Å². The zero-order chi connectivity index (χ0) is 16.0. The normalized spacial score (nSPS) is 12.1. The first-order chi connectivity index (χ1) is 9.69. The summed E-state index contributed by atoms with van der Waals surface area (Å²) in [6.45, 7) is 8.10. The van der Waals surface area contributed by atoms with Crippen molar-refractivity contribution in [2.45, 2.75) is 32.4 Å². The Hall–Kier alpha value is -0.673. The van der Waals surface area contributed by atoms with Crippen LogP contribution in [0.1, 0.15) is 10.4 Å². The fourth-order valence-electron chi connectivity index (χ4n) is 1.47. The number of ketones is 1. The lowest BCUT2D eigenvalue weighted by Crippen LogP contribution is -2.22. The van der Waals surface area contributed by atoms with Gasteiger partial charge in [-0.1, -0.05) is 19.6 Å². The molecule has 0 aliphatic carbocycles. The number of hydrogen-bond donors (Lipinski definition) is 0. The Bertz CT molecular complexity index is 507. The van der Waals surface area contributed by atoms with E-state index in [1.54, 1.807) is 23.2 Å². The van der Waals surface area contributed by atoms with Crippen LogP contribution in [0.2, 0.25) is 25.7 Å². The van der Waals surface area contributed by atoms with Crippen LogP contribution in [0, 0.1) is 3.70 Å². The highest BCUT2D eigenvalue weighted by Crippen LogP contribution is 2.12. The van der Waals surface area contributed by atoms with Crippen LogP contribution in [0.3, 0.4) is 0 Å². The van der Waals surface area contributed by atoms with E-state index in [4.69, 9.17) is 4.74 Å². The minimum atomic E-state index is -1.06. The molecule has 0 saturated carbocycles. The molecular formula is C14H24IN3O2Si. The van der Waals surface area contributed by atoms with Gasteiger partial charge in [0.05, 0.1) is 5.56 Å². The Morgan fingerprint density at radius 3 is 2.71 bits per heavy atom. The average molecular weight is 421 g/mol. The molecule has 21 heavy (non-hydrogen) atoms. The van der Waals surface area contributed by atoms with Gasteiger partial charge < -0.3 is 9.64 Å². The molecule has 0 atom stereocenters. The molecule has 1 rings (SSSR count). The van der Waals surface area contributed by atoms with Crippen LogP contribution in [0.25, 0.3) is 0 Å². The van der Waals surface area contributed by atoms with E-state index in [1.165, 1.54) is 0 Å². The third-order valence-corrected chi connectivity index (χ3v) is 5.23. The quantitative estimate of drug-likeness (QED) is 0.213. The molecule has 5 nitrogen and oxygen atoms in total. The van der Waals surface area contributed by atoms with Crippen molar-refractivity contribution in [2.75, 3.05) is 20.7 Å². The molecule has 0 saturated heterocycles. The van der Waals surface area contributed by atoms with Gasteiger partial charge in [-0.25, -0.2) is 4.68 Å². The van der Waals surface area contributed by atoms with Crippen molar-refractivity contribution in [1.29, 1.82) is 0 Å². The van der Waals surface area contributed by atoms with Gasteiger partial charge in [0.15, 0.2) is 5.78 Å². The van der Waals surface area contributed by atoms with E-state index in [0.717, 1.165) is 12.7 Å². The van der Waals surface area contributed by atoms with E-state index in [9.17, 15) is 4.79 Å². The summed E-state index contributed by atoms with van der Waals surface area (Å²) in [4.78, 5) is 13.9. The Morgan fingerprint density at radius 2 is 2.14 bits per heavy atom. The summed E-state index contributed by atoms with van der Waals surface area (Å²) in [7, 11) is 2.69. The number of nitrogens with zero attached hydrogens (tertiary/aromatic N) is 3. The van der Waals surface area contributed by atoms with E-state index < -0.39 is 8.07 Å². The minimum absolute atomic E-state index is 0.0403. The monoisotopic (exact) mass is 421 g/mol. The van der Waals surface area contributed by atoms with Crippen LogP contribution in [-0.2, 0) is 11.5 Å². The smallest absolute Gasteiger partial charge is 0.191 e. The Kier molecular flexibility index (Phi) is 7.08. The molecule has 1 heterocycles. The van der Waals surface area contributed by atoms with Crippen molar-refractivity contribution in [3.63, 3.8) is 0 Å². The first kappa shape index (κ1) is 18.4. The van der Waals surface area contributed by atoms with Gasteiger partial charge in [-0.2, -0.15) is 5.10 Å². The van der Waals surface area contributed by atoms with Crippen molar-refractivity contribution >= 4 is 36.4 Å². The van der Waals surface area contributed by atoms with Crippen LogP contribution in [-0.4, -0.2) is 49.2 Å². The van der Waals surface area contributed by atoms with Crippen LogP contribution in [0.4, 0.5) is 0 Å². The molecule has 0 radical (unpaired) electrons. The maximum Gasteiger partial charge on any atom is 0.191 e. The van der Waals surface area contributed by atoms with Gasteiger partial charge in [-0.15, -0.1) is 0 Å². The van der Waals surface area contributed by atoms with Crippen molar-refractivity contribution < 1.29 is 9.53 Å². The Labute approximate surface area is 141 Å². The number of halogens is 1. The number of rotatable bonds is 8. The summed E-state index contributed by atoms with van der Waals surface area (Å²) in [5.74, 6) is -0.0403. The maximum atomic E-state index is 12.0. The molecule has 0 bridgehead atoms. The lowest BCUT2D eigenvalue weighted by molar-refractivity contribution is 0.0782. The molecule has 118 valence electrons. The highest BCUT2D eigenvalue weighted by molar-refractivity contribution is 14.1. The van der Waals surface area contributed by atoms with E-state index in [-0.39, 0.29) is 5.78 Å². The molecule has 1 aromatic heterocycles. The predicted octanol–water partition coefficient (Wildman–Crippen LogP) is 3.06. The molecule has 7 heteroatoms. The summed E-state index contributed by atoms with van der Waals surface area (Å²) < 4.78 is 8.02. The second-order valence-corrected chi connectivity index (χ2v) is 13.0. The fourth-order valence-corrected chi connectivity index (χ4v) is 2.91. The van der Waals surface area contributed by atoms with Gasteiger partial charge >= 0.3 is 0 Å². The number of hydrogen-bond acceptors (Lipinski definition) is 4. The summed E-state index contributed by atoms with van der Waals surface area (Å²) in [6.07, 6.45) is 5.04. The topological polar surface area (TPSA) is 47.4 Å². The van der Waals surface area contributed by atoms with E-state index in [0.29, 0.717) is 16.0 Å². The highest BCUT2D eigenvalue weighted by Gasteiger charge is 2.14. The third-order valence-electron chi connectivity index (χ3n) is 2.73.